The Hall–Kier alpha value is -0.330. The number of hydrogen-bond acceptors (Lipinski definition) is 1. The maximum absolute atomic E-state index is 11.5. The van der Waals surface area contributed by atoms with Crippen molar-refractivity contribution in [3.8, 4) is 0 Å². The van der Waals surface area contributed by atoms with Crippen molar-refractivity contribution in [2.45, 2.75) is 52.4 Å². The van der Waals surface area contributed by atoms with E-state index in [1.165, 1.54) is 25.7 Å². The van der Waals surface area contributed by atoms with Crippen molar-refractivity contribution in [2.75, 3.05) is 0 Å². The van der Waals surface area contributed by atoms with Crippen LogP contribution in [0.5, 0.6) is 0 Å². The Morgan fingerprint density at radius 2 is 1.92 bits per heavy atom. The molecule has 70 valence electrons. The van der Waals surface area contributed by atoms with E-state index in [-0.39, 0.29) is 0 Å². The minimum atomic E-state index is 0.387. The second kappa shape index (κ2) is 4.64. The zero-order valence-corrected chi connectivity index (χ0v) is 8.31. The predicted octanol–water partition coefficient (Wildman–Crippen LogP) is 3.18. The molecule has 0 N–H and O–H groups in total. The Balaban J connectivity index is 2.52. The molecule has 0 saturated heterocycles. The van der Waals surface area contributed by atoms with Crippen molar-refractivity contribution in [3.05, 3.63) is 0 Å². The zero-order chi connectivity index (χ0) is 8.97. The Morgan fingerprint density at radius 3 is 2.58 bits per heavy atom. The number of rotatable bonds is 2. The lowest BCUT2D eigenvalue weighted by molar-refractivity contribution is -0.124. The largest absolute Gasteiger partial charge is 0.299 e. The molecule has 0 bridgehead atoms. The van der Waals surface area contributed by atoms with Crippen LogP contribution in [0.2, 0.25) is 0 Å². The summed E-state index contributed by atoms with van der Waals surface area (Å²) in [6.45, 7) is 4.23. The van der Waals surface area contributed by atoms with Gasteiger partial charge in [0.25, 0.3) is 0 Å². The van der Waals surface area contributed by atoms with Crippen molar-refractivity contribution in [2.24, 2.45) is 11.8 Å². The summed E-state index contributed by atoms with van der Waals surface area (Å²) in [5.41, 5.74) is 0. The second-order valence-electron chi connectivity index (χ2n) is 4.04. The number of ketones is 1. The van der Waals surface area contributed by atoms with Crippen LogP contribution in [0.3, 0.4) is 0 Å². The van der Waals surface area contributed by atoms with Crippen molar-refractivity contribution in [1.29, 1.82) is 0 Å². The first-order chi connectivity index (χ1) is 5.75. The molecule has 2 atom stereocenters. The van der Waals surface area contributed by atoms with E-state index in [9.17, 15) is 4.79 Å². The Bertz CT molecular complexity index is 151. The van der Waals surface area contributed by atoms with Crippen LogP contribution >= 0.6 is 0 Å². The highest BCUT2D eigenvalue weighted by Gasteiger charge is 2.24. The number of carbonyl (C=O) groups is 1. The summed E-state index contributed by atoms with van der Waals surface area (Å²) in [6, 6.07) is 0. The fourth-order valence-electron chi connectivity index (χ4n) is 2.23. The predicted molar refractivity (Wildman–Crippen MR) is 51.0 cm³/mol. The maximum atomic E-state index is 11.5. The van der Waals surface area contributed by atoms with Gasteiger partial charge >= 0.3 is 0 Å². The van der Waals surface area contributed by atoms with E-state index in [0.717, 1.165) is 12.8 Å². The van der Waals surface area contributed by atoms with Crippen LogP contribution in [0, 0.1) is 11.8 Å². The molecule has 1 nitrogen and oxygen atoms in total. The van der Waals surface area contributed by atoms with Crippen LogP contribution in [0.15, 0.2) is 0 Å². The van der Waals surface area contributed by atoms with Gasteiger partial charge in [0.2, 0.25) is 0 Å². The number of hydrogen-bond donors (Lipinski definition) is 0. The lowest BCUT2D eigenvalue weighted by Gasteiger charge is -2.18. The van der Waals surface area contributed by atoms with Gasteiger partial charge in [0.05, 0.1) is 0 Å². The maximum Gasteiger partial charge on any atom is 0.135 e. The molecule has 1 aliphatic rings. The van der Waals surface area contributed by atoms with Crippen molar-refractivity contribution in [3.63, 3.8) is 0 Å². The molecule has 0 aliphatic heterocycles. The Kier molecular flexibility index (Phi) is 3.77. The van der Waals surface area contributed by atoms with Crippen molar-refractivity contribution >= 4 is 5.78 Å². The quantitative estimate of drug-likeness (QED) is 0.579. The first-order valence-corrected chi connectivity index (χ1v) is 5.28. The fourth-order valence-corrected chi connectivity index (χ4v) is 2.23. The van der Waals surface area contributed by atoms with Crippen LogP contribution in [0.1, 0.15) is 52.4 Å². The third kappa shape index (κ3) is 2.33. The van der Waals surface area contributed by atoms with Crippen LogP contribution < -0.4 is 0 Å². The lowest BCUT2D eigenvalue weighted by atomic mass is 9.85. The molecule has 2 unspecified atom stereocenters. The highest BCUT2D eigenvalue weighted by molar-refractivity contribution is 5.80. The molecule has 12 heavy (non-hydrogen) atoms. The number of Topliss-reactive ketones (excluding diaryl/α,β-unsaturated/α-hetero) is 1. The molecule has 0 aromatic heterocycles. The smallest absolute Gasteiger partial charge is 0.135 e. The molecule has 0 heterocycles. The molecule has 1 aliphatic carbocycles. The van der Waals surface area contributed by atoms with Gasteiger partial charge in [0.15, 0.2) is 0 Å². The molecule has 0 amide bonds. The van der Waals surface area contributed by atoms with E-state index in [0.29, 0.717) is 17.6 Å². The topological polar surface area (TPSA) is 17.1 Å². The first kappa shape index (κ1) is 9.76. The fraction of sp³-hybridized carbons (Fsp3) is 0.909. The molecule has 0 aromatic rings. The number of carbonyl (C=O) groups excluding carboxylic acids is 1. The third-order valence-electron chi connectivity index (χ3n) is 3.12. The molecule has 1 heteroatoms. The van der Waals surface area contributed by atoms with Gasteiger partial charge in [0, 0.05) is 12.3 Å². The normalized spacial score (nSPS) is 31.2. The molecular formula is C11H20O. The average molecular weight is 168 g/mol. The standard InChI is InChI=1S/C11H20O/c1-3-11(12)10-8-6-4-5-7-9(10)2/h9-10H,3-8H2,1-2H3. The summed E-state index contributed by atoms with van der Waals surface area (Å²) in [6.07, 6.45) is 7.06. The van der Waals surface area contributed by atoms with E-state index in [4.69, 9.17) is 0 Å². The zero-order valence-electron chi connectivity index (χ0n) is 8.31. The van der Waals surface area contributed by atoms with E-state index >= 15 is 0 Å². The molecule has 0 aromatic carbocycles. The van der Waals surface area contributed by atoms with Crippen LogP contribution in [-0.2, 0) is 4.79 Å². The minimum absolute atomic E-state index is 0.387. The Labute approximate surface area is 75.5 Å². The summed E-state index contributed by atoms with van der Waals surface area (Å²) in [7, 11) is 0. The first-order valence-electron chi connectivity index (χ1n) is 5.28. The van der Waals surface area contributed by atoms with Crippen LogP contribution in [-0.4, -0.2) is 5.78 Å². The highest BCUT2D eigenvalue weighted by atomic mass is 16.1. The third-order valence-corrected chi connectivity index (χ3v) is 3.12. The monoisotopic (exact) mass is 168 g/mol. The van der Waals surface area contributed by atoms with E-state index < -0.39 is 0 Å². The molecule has 1 rings (SSSR count). The van der Waals surface area contributed by atoms with Gasteiger partial charge in [0.1, 0.15) is 5.78 Å². The summed E-state index contributed by atoms with van der Waals surface area (Å²) in [5.74, 6) is 1.52. The van der Waals surface area contributed by atoms with Gasteiger partial charge < -0.3 is 0 Å². The highest BCUT2D eigenvalue weighted by Crippen LogP contribution is 2.29. The second-order valence-corrected chi connectivity index (χ2v) is 4.04. The van der Waals surface area contributed by atoms with Crippen LogP contribution in [0.4, 0.5) is 0 Å². The SMILES string of the molecule is CCC(=O)C1CCCCCC1C. The van der Waals surface area contributed by atoms with Crippen molar-refractivity contribution in [1.82, 2.24) is 0 Å². The van der Waals surface area contributed by atoms with Gasteiger partial charge in [-0.1, -0.05) is 39.5 Å². The molecule has 1 fully saturated rings. The van der Waals surface area contributed by atoms with Gasteiger partial charge in [-0.2, -0.15) is 0 Å². The van der Waals surface area contributed by atoms with Gasteiger partial charge in [-0.3, -0.25) is 4.79 Å². The average Bonchev–Trinajstić information content (AvgIpc) is 2.28. The van der Waals surface area contributed by atoms with E-state index in [1.807, 2.05) is 6.92 Å². The lowest BCUT2D eigenvalue weighted by Crippen LogP contribution is -2.19. The summed E-state index contributed by atoms with van der Waals surface area (Å²) >= 11 is 0. The summed E-state index contributed by atoms with van der Waals surface area (Å²) in [4.78, 5) is 11.5. The minimum Gasteiger partial charge on any atom is -0.299 e. The van der Waals surface area contributed by atoms with E-state index in [2.05, 4.69) is 6.92 Å². The molecule has 0 radical (unpaired) electrons. The van der Waals surface area contributed by atoms with Gasteiger partial charge in [-0.15, -0.1) is 0 Å². The Morgan fingerprint density at radius 1 is 1.25 bits per heavy atom. The summed E-state index contributed by atoms with van der Waals surface area (Å²) < 4.78 is 0. The molecule has 0 spiro atoms. The van der Waals surface area contributed by atoms with Gasteiger partial charge in [-0.05, 0) is 12.3 Å². The van der Waals surface area contributed by atoms with Gasteiger partial charge in [-0.25, -0.2) is 0 Å². The van der Waals surface area contributed by atoms with Crippen molar-refractivity contribution < 1.29 is 4.79 Å². The summed E-state index contributed by atoms with van der Waals surface area (Å²) in [5, 5.41) is 0. The van der Waals surface area contributed by atoms with Crippen LogP contribution in [0.25, 0.3) is 0 Å². The molecular weight excluding hydrogens is 148 g/mol. The molecule has 1 saturated carbocycles. The van der Waals surface area contributed by atoms with E-state index in [1.54, 1.807) is 0 Å².